The van der Waals surface area contributed by atoms with Gasteiger partial charge in [0.2, 0.25) is 5.69 Å². The van der Waals surface area contributed by atoms with E-state index in [1.165, 1.54) is 23.8 Å². The van der Waals surface area contributed by atoms with Crippen LogP contribution in [0.5, 0.6) is 5.19 Å². The molecule has 5 rings (SSSR count). The summed E-state index contributed by atoms with van der Waals surface area (Å²) in [5.41, 5.74) is 2.74. The van der Waals surface area contributed by atoms with Crippen molar-refractivity contribution in [3.8, 4) is 5.19 Å². The second-order valence-corrected chi connectivity index (χ2v) is 14.4. The van der Waals surface area contributed by atoms with E-state index in [2.05, 4.69) is 16.8 Å². The van der Waals surface area contributed by atoms with Gasteiger partial charge >= 0.3 is 0 Å². The molecule has 0 radical (unpaired) electrons. The van der Waals surface area contributed by atoms with Crippen LogP contribution in [0.25, 0.3) is 0 Å². The van der Waals surface area contributed by atoms with Crippen molar-refractivity contribution in [3.05, 3.63) is 75.7 Å². The molecule has 1 atom stereocenters. The van der Waals surface area contributed by atoms with Gasteiger partial charge in [0, 0.05) is 55.4 Å². The summed E-state index contributed by atoms with van der Waals surface area (Å²) in [6, 6.07) is 8.74. The number of nitrogens with zero attached hydrogens (tertiary/aromatic N) is 4. The average Bonchev–Trinajstić information content (AvgIpc) is 3.47. The van der Waals surface area contributed by atoms with Crippen LogP contribution in [0, 0.1) is 25.0 Å². The average molecular weight is 599 g/mol. The Kier molecular flexibility index (Phi) is 8.41. The Bertz CT molecular complexity index is 1480. The van der Waals surface area contributed by atoms with Gasteiger partial charge in [0.1, 0.15) is 11.7 Å². The summed E-state index contributed by atoms with van der Waals surface area (Å²) in [6.07, 6.45) is 7.80. The summed E-state index contributed by atoms with van der Waals surface area (Å²) < 4.78 is 31.1. The minimum Gasteiger partial charge on any atom is -0.618 e. The number of carbonyl (C=O) groups is 1. The number of likely N-dealkylation sites (tertiary alicyclic amines) is 2. The Morgan fingerprint density at radius 1 is 1.12 bits per heavy atom. The first-order valence-corrected chi connectivity index (χ1v) is 16.8. The van der Waals surface area contributed by atoms with E-state index in [0.29, 0.717) is 34.4 Å². The SMILES string of the molecule is Cc1cc[n+]([O-])c(C)c1C(=O)N1CCC(C)(N2CCC(C(Oc3nccs3)c3ccc(S(C)(=O)=O)cc3)CC2)CC1. The summed E-state index contributed by atoms with van der Waals surface area (Å²) >= 11 is 1.45. The quantitative estimate of drug-likeness (QED) is 0.295. The van der Waals surface area contributed by atoms with E-state index in [0.717, 1.165) is 54.6 Å². The predicted octanol–water partition coefficient (Wildman–Crippen LogP) is 4.32. The molecule has 3 aromatic rings. The van der Waals surface area contributed by atoms with Gasteiger partial charge in [-0.05, 0) is 75.9 Å². The summed E-state index contributed by atoms with van der Waals surface area (Å²) in [6.45, 7) is 9.03. The van der Waals surface area contributed by atoms with E-state index in [1.54, 1.807) is 31.3 Å². The minimum absolute atomic E-state index is 0.0102. The van der Waals surface area contributed by atoms with Crippen molar-refractivity contribution in [1.82, 2.24) is 14.8 Å². The summed E-state index contributed by atoms with van der Waals surface area (Å²) in [5.74, 6) is 0.197. The monoisotopic (exact) mass is 598 g/mol. The Morgan fingerprint density at radius 2 is 1.78 bits per heavy atom. The maximum atomic E-state index is 13.3. The molecular weight excluding hydrogens is 560 g/mol. The molecule has 2 fully saturated rings. The van der Waals surface area contributed by atoms with E-state index in [1.807, 2.05) is 29.3 Å². The Balaban J connectivity index is 1.24. The van der Waals surface area contributed by atoms with Crippen molar-refractivity contribution in [2.75, 3.05) is 32.4 Å². The highest BCUT2D eigenvalue weighted by molar-refractivity contribution is 7.90. The van der Waals surface area contributed by atoms with Crippen LogP contribution < -0.4 is 9.47 Å². The highest BCUT2D eigenvalue weighted by Gasteiger charge is 2.41. The van der Waals surface area contributed by atoms with Crippen LogP contribution in [0.4, 0.5) is 0 Å². The molecule has 0 bridgehead atoms. The fraction of sp³-hybridized carbons (Fsp3) is 0.500. The van der Waals surface area contributed by atoms with Gasteiger partial charge in [-0.15, -0.1) is 0 Å². The lowest BCUT2D eigenvalue weighted by molar-refractivity contribution is -0.612. The molecule has 220 valence electrons. The maximum Gasteiger partial charge on any atom is 0.273 e. The number of aryl methyl sites for hydroxylation is 1. The van der Waals surface area contributed by atoms with Crippen molar-refractivity contribution in [1.29, 1.82) is 0 Å². The van der Waals surface area contributed by atoms with Gasteiger partial charge in [0.15, 0.2) is 16.0 Å². The number of amides is 1. The van der Waals surface area contributed by atoms with Gasteiger partial charge in [-0.3, -0.25) is 9.69 Å². The van der Waals surface area contributed by atoms with E-state index in [9.17, 15) is 18.4 Å². The Hall–Kier alpha value is -3.02. The highest BCUT2D eigenvalue weighted by Crippen LogP contribution is 2.39. The smallest absolute Gasteiger partial charge is 0.273 e. The van der Waals surface area contributed by atoms with Crippen molar-refractivity contribution >= 4 is 27.1 Å². The fourth-order valence-electron chi connectivity index (χ4n) is 6.22. The van der Waals surface area contributed by atoms with Gasteiger partial charge in [-0.25, -0.2) is 13.4 Å². The van der Waals surface area contributed by atoms with Crippen LogP contribution in [0.1, 0.15) is 65.9 Å². The molecule has 4 heterocycles. The van der Waals surface area contributed by atoms with Crippen LogP contribution in [-0.4, -0.2) is 67.1 Å². The Labute approximate surface area is 246 Å². The second kappa shape index (κ2) is 11.7. The number of ether oxygens (including phenoxy) is 1. The van der Waals surface area contributed by atoms with Crippen LogP contribution >= 0.6 is 11.3 Å². The number of carbonyl (C=O) groups excluding carboxylic acids is 1. The van der Waals surface area contributed by atoms with E-state index >= 15 is 0 Å². The Morgan fingerprint density at radius 3 is 2.37 bits per heavy atom. The topological polar surface area (TPSA) is 107 Å². The number of hydrogen-bond acceptors (Lipinski definition) is 8. The van der Waals surface area contributed by atoms with Crippen molar-refractivity contribution in [2.24, 2.45) is 5.92 Å². The van der Waals surface area contributed by atoms with E-state index in [4.69, 9.17) is 4.74 Å². The van der Waals surface area contributed by atoms with Crippen LogP contribution in [0.2, 0.25) is 0 Å². The molecule has 0 spiro atoms. The number of pyridine rings is 1. The summed E-state index contributed by atoms with van der Waals surface area (Å²) in [7, 11) is -3.28. The molecule has 0 aliphatic carbocycles. The molecule has 2 aliphatic rings. The van der Waals surface area contributed by atoms with Crippen molar-refractivity contribution in [3.63, 3.8) is 0 Å². The van der Waals surface area contributed by atoms with Gasteiger partial charge in [0.25, 0.3) is 11.1 Å². The predicted molar refractivity (Wildman–Crippen MR) is 158 cm³/mol. The zero-order chi connectivity index (χ0) is 29.4. The minimum atomic E-state index is -3.28. The van der Waals surface area contributed by atoms with E-state index < -0.39 is 9.84 Å². The number of benzene rings is 1. The zero-order valence-electron chi connectivity index (χ0n) is 24.1. The largest absolute Gasteiger partial charge is 0.618 e. The van der Waals surface area contributed by atoms with Gasteiger partial charge in [-0.2, -0.15) is 4.73 Å². The van der Waals surface area contributed by atoms with Crippen LogP contribution in [0.15, 0.2) is 53.0 Å². The molecule has 0 N–H and O–H groups in total. The van der Waals surface area contributed by atoms with Crippen LogP contribution in [-0.2, 0) is 9.84 Å². The standard InChI is InChI=1S/C30H38N4O5S2/c1-21-9-17-34(36)22(2)26(21)28(35)32-18-12-30(3,13-19-32)33-15-10-24(11-16-33)27(39-29-31-14-20-40-29)23-5-7-25(8-6-23)41(4,37)38/h5-9,14,17,20,24,27H,10-13,15-16,18-19H2,1-4H3. The first-order chi connectivity index (χ1) is 19.5. The van der Waals surface area contributed by atoms with Gasteiger partial charge in [-0.1, -0.05) is 23.5 Å². The lowest BCUT2D eigenvalue weighted by Gasteiger charge is -2.49. The molecular formula is C30H38N4O5S2. The fourth-order valence-corrected chi connectivity index (χ4v) is 7.37. The third-order valence-electron chi connectivity index (χ3n) is 8.89. The zero-order valence-corrected chi connectivity index (χ0v) is 25.7. The molecule has 9 nitrogen and oxygen atoms in total. The summed E-state index contributed by atoms with van der Waals surface area (Å²) in [5, 5.41) is 14.6. The van der Waals surface area contributed by atoms with Crippen molar-refractivity contribution < 1.29 is 22.7 Å². The lowest BCUT2D eigenvalue weighted by atomic mass is 9.82. The molecule has 0 saturated carbocycles. The number of hydrogen-bond donors (Lipinski definition) is 0. The number of sulfone groups is 1. The molecule has 1 amide bonds. The molecule has 11 heteroatoms. The van der Waals surface area contributed by atoms with Crippen molar-refractivity contribution in [2.45, 2.75) is 63.0 Å². The first-order valence-electron chi connectivity index (χ1n) is 14.1. The van der Waals surface area contributed by atoms with Gasteiger partial charge < -0.3 is 14.8 Å². The van der Waals surface area contributed by atoms with E-state index in [-0.39, 0.29) is 23.5 Å². The number of rotatable bonds is 7. The lowest BCUT2D eigenvalue weighted by Crippen LogP contribution is -2.57. The third kappa shape index (κ3) is 6.27. The van der Waals surface area contributed by atoms with Gasteiger partial charge in [0.05, 0.1) is 4.90 Å². The molecule has 2 saturated heterocycles. The van der Waals surface area contributed by atoms with Crippen LogP contribution in [0.3, 0.4) is 0 Å². The molecule has 2 aromatic heterocycles. The second-order valence-electron chi connectivity index (χ2n) is 11.6. The number of aromatic nitrogens is 2. The summed E-state index contributed by atoms with van der Waals surface area (Å²) in [4.78, 5) is 22.4. The highest BCUT2D eigenvalue weighted by atomic mass is 32.2. The number of piperidine rings is 2. The number of thiazole rings is 1. The third-order valence-corrected chi connectivity index (χ3v) is 10.7. The molecule has 1 aromatic carbocycles. The molecule has 41 heavy (non-hydrogen) atoms. The maximum absolute atomic E-state index is 13.3. The normalized spacial score (nSPS) is 19.2. The molecule has 1 unspecified atom stereocenters. The molecule has 2 aliphatic heterocycles. The first kappa shape index (κ1) is 29.5.